The van der Waals surface area contributed by atoms with Crippen LogP contribution in [0.5, 0.6) is 0 Å². The molecule has 0 aromatic heterocycles. The zero-order chi connectivity index (χ0) is 11.1. The summed E-state index contributed by atoms with van der Waals surface area (Å²) < 4.78 is 5.58. The summed E-state index contributed by atoms with van der Waals surface area (Å²) in [7, 11) is 0. The molecular weight excluding hydrogens is 200 g/mol. The van der Waals surface area contributed by atoms with Crippen LogP contribution < -0.4 is 0 Å². The van der Waals surface area contributed by atoms with Gasteiger partial charge in [0, 0.05) is 18.8 Å². The van der Waals surface area contributed by atoms with E-state index in [9.17, 15) is 4.79 Å². The zero-order valence-corrected chi connectivity index (χ0v) is 10.00. The number of carbonyl (C=O) groups excluding carboxylic acids is 1. The van der Waals surface area contributed by atoms with Crippen molar-refractivity contribution in [2.75, 3.05) is 13.2 Å². The summed E-state index contributed by atoms with van der Waals surface area (Å²) in [5.41, 5.74) is 3.17. The first-order valence-corrected chi connectivity index (χ1v) is 6.54. The molecule has 0 radical (unpaired) electrons. The van der Waals surface area contributed by atoms with Crippen molar-refractivity contribution in [2.45, 2.75) is 39.0 Å². The topological polar surface area (TPSA) is 26.3 Å². The molecule has 1 unspecified atom stereocenters. The lowest BCUT2D eigenvalue weighted by Gasteiger charge is -2.26. The lowest BCUT2D eigenvalue weighted by Crippen LogP contribution is -2.23. The number of hydrogen-bond acceptors (Lipinski definition) is 2. The minimum Gasteiger partial charge on any atom is -0.380 e. The quantitative estimate of drug-likeness (QED) is 0.587. The predicted octanol–water partition coefficient (Wildman–Crippen LogP) is 2.73. The summed E-state index contributed by atoms with van der Waals surface area (Å²) in [4.78, 5) is 11.9. The van der Waals surface area contributed by atoms with Crippen LogP contribution in [0.15, 0.2) is 11.1 Å². The van der Waals surface area contributed by atoms with E-state index in [0.717, 1.165) is 26.1 Å². The Balaban J connectivity index is 1.97. The van der Waals surface area contributed by atoms with Gasteiger partial charge in [-0.15, -0.1) is 0 Å². The molecule has 3 rings (SSSR count). The maximum absolute atomic E-state index is 11.9. The fraction of sp³-hybridized carbons (Fsp3) is 0.786. The van der Waals surface area contributed by atoms with E-state index in [-0.39, 0.29) is 0 Å². The minimum atomic E-state index is 0.470. The molecule has 0 amide bonds. The van der Waals surface area contributed by atoms with E-state index in [1.807, 2.05) is 0 Å². The average Bonchev–Trinajstić information content (AvgIpc) is 2.84. The zero-order valence-electron chi connectivity index (χ0n) is 10.00. The normalized spacial score (nSPS) is 43.8. The molecule has 0 spiro atoms. The Hall–Kier alpha value is -0.630. The summed E-state index contributed by atoms with van der Waals surface area (Å²) in [6.07, 6.45) is 5.30. The van der Waals surface area contributed by atoms with Gasteiger partial charge >= 0.3 is 0 Å². The Kier molecular flexibility index (Phi) is 2.62. The maximum atomic E-state index is 11.9. The van der Waals surface area contributed by atoms with Gasteiger partial charge < -0.3 is 4.74 Å². The molecular formula is C14H20O2. The highest BCUT2D eigenvalue weighted by Gasteiger charge is 2.37. The van der Waals surface area contributed by atoms with Crippen molar-refractivity contribution in [3.8, 4) is 0 Å². The van der Waals surface area contributed by atoms with Crippen molar-refractivity contribution >= 4 is 5.78 Å². The minimum absolute atomic E-state index is 0.470. The van der Waals surface area contributed by atoms with Crippen LogP contribution in [0, 0.1) is 17.8 Å². The third kappa shape index (κ3) is 1.64. The van der Waals surface area contributed by atoms with Gasteiger partial charge in [0.15, 0.2) is 0 Å². The van der Waals surface area contributed by atoms with E-state index in [4.69, 9.17) is 4.74 Å². The van der Waals surface area contributed by atoms with E-state index >= 15 is 0 Å². The first-order chi connectivity index (χ1) is 7.75. The van der Waals surface area contributed by atoms with Crippen molar-refractivity contribution < 1.29 is 9.53 Å². The molecule has 1 saturated carbocycles. The number of ketones is 1. The SMILES string of the molecule is C/C1=C2\CCC[C@H]2CC(=O)CC2COC[C@@H]12. The molecule has 0 N–H and O–H groups in total. The molecule has 88 valence electrons. The van der Waals surface area contributed by atoms with Crippen molar-refractivity contribution in [1.82, 2.24) is 0 Å². The van der Waals surface area contributed by atoms with Gasteiger partial charge in [0.1, 0.15) is 5.78 Å². The third-order valence-corrected chi connectivity index (χ3v) is 4.72. The van der Waals surface area contributed by atoms with Crippen LogP contribution in [0.25, 0.3) is 0 Å². The predicted molar refractivity (Wildman–Crippen MR) is 62.1 cm³/mol. The Morgan fingerprint density at radius 2 is 2.12 bits per heavy atom. The molecule has 0 bridgehead atoms. The number of ether oxygens (including phenoxy) is 1. The Labute approximate surface area is 97.1 Å². The second kappa shape index (κ2) is 3.99. The number of allylic oxidation sites excluding steroid dienone is 1. The fourth-order valence-electron chi connectivity index (χ4n) is 3.83. The lowest BCUT2D eigenvalue weighted by molar-refractivity contribution is -0.120. The van der Waals surface area contributed by atoms with Crippen LogP contribution in [0.3, 0.4) is 0 Å². The van der Waals surface area contributed by atoms with E-state index in [0.29, 0.717) is 23.5 Å². The maximum Gasteiger partial charge on any atom is 0.133 e. The van der Waals surface area contributed by atoms with Crippen LogP contribution in [0.2, 0.25) is 0 Å². The molecule has 0 aromatic rings. The molecule has 1 aliphatic heterocycles. The second-order valence-electron chi connectivity index (χ2n) is 5.65. The highest BCUT2D eigenvalue weighted by Crippen LogP contribution is 2.43. The number of rotatable bonds is 0. The average molecular weight is 220 g/mol. The molecule has 3 aliphatic rings. The van der Waals surface area contributed by atoms with Crippen molar-refractivity contribution in [3.05, 3.63) is 11.1 Å². The van der Waals surface area contributed by atoms with Gasteiger partial charge in [-0.05, 0) is 38.0 Å². The number of fused-ring (bicyclic) bond motifs is 2. The van der Waals surface area contributed by atoms with Crippen LogP contribution in [-0.2, 0) is 9.53 Å². The summed E-state index contributed by atoms with van der Waals surface area (Å²) in [5, 5.41) is 0. The fourth-order valence-corrected chi connectivity index (χ4v) is 3.83. The van der Waals surface area contributed by atoms with Gasteiger partial charge in [-0.1, -0.05) is 11.1 Å². The molecule has 2 aliphatic carbocycles. The van der Waals surface area contributed by atoms with E-state index < -0.39 is 0 Å². The van der Waals surface area contributed by atoms with Gasteiger partial charge in [0.2, 0.25) is 0 Å². The van der Waals surface area contributed by atoms with Crippen molar-refractivity contribution in [2.24, 2.45) is 17.8 Å². The smallest absolute Gasteiger partial charge is 0.133 e. The van der Waals surface area contributed by atoms with E-state index in [1.165, 1.54) is 19.3 Å². The molecule has 2 heteroatoms. The number of Topliss-reactive ketones (excluding diaryl/α,β-unsaturated/α-hetero) is 1. The Bertz CT molecular complexity index is 343. The van der Waals surface area contributed by atoms with Gasteiger partial charge in [-0.2, -0.15) is 0 Å². The summed E-state index contributed by atoms with van der Waals surface area (Å²) in [5.74, 6) is 2.06. The number of hydrogen-bond donors (Lipinski definition) is 0. The van der Waals surface area contributed by atoms with Crippen molar-refractivity contribution in [1.29, 1.82) is 0 Å². The molecule has 2 fully saturated rings. The van der Waals surface area contributed by atoms with Crippen LogP contribution in [0.1, 0.15) is 39.0 Å². The third-order valence-electron chi connectivity index (χ3n) is 4.72. The van der Waals surface area contributed by atoms with Gasteiger partial charge in [-0.3, -0.25) is 4.79 Å². The Morgan fingerprint density at radius 3 is 3.00 bits per heavy atom. The van der Waals surface area contributed by atoms with Gasteiger partial charge in [-0.25, -0.2) is 0 Å². The first kappa shape index (κ1) is 10.5. The molecule has 2 nitrogen and oxygen atoms in total. The van der Waals surface area contributed by atoms with E-state index in [2.05, 4.69) is 6.92 Å². The summed E-state index contributed by atoms with van der Waals surface area (Å²) >= 11 is 0. The Morgan fingerprint density at radius 1 is 1.25 bits per heavy atom. The van der Waals surface area contributed by atoms with Crippen LogP contribution >= 0.6 is 0 Å². The summed E-state index contributed by atoms with van der Waals surface area (Å²) in [6.45, 7) is 3.93. The summed E-state index contributed by atoms with van der Waals surface area (Å²) in [6, 6.07) is 0. The molecule has 3 atom stereocenters. The lowest BCUT2D eigenvalue weighted by atomic mass is 9.77. The van der Waals surface area contributed by atoms with Gasteiger partial charge in [0.25, 0.3) is 0 Å². The van der Waals surface area contributed by atoms with Crippen LogP contribution in [0.4, 0.5) is 0 Å². The van der Waals surface area contributed by atoms with Crippen LogP contribution in [-0.4, -0.2) is 19.0 Å². The molecule has 16 heavy (non-hydrogen) atoms. The molecule has 1 heterocycles. The molecule has 1 saturated heterocycles. The second-order valence-corrected chi connectivity index (χ2v) is 5.65. The monoisotopic (exact) mass is 220 g/mol. The highest BCUT2D eigenvalue weighted by molar-refractivity contribution is 5.79. The number of carbonyl (C=O) groups is 1. The first-order valence-electron chi connectivity index (χ1n) is 6.54. The molecule has 0 aromatic carbocycles. The standard InChI is InChI=1S/C14H20O2/c1-9-13-4-2-3-10(13)5-12(15)6-11-7-16-8-14(9)11/h10-11,14H,2-8H2,1H3/b13-9-/t10-,11?,14-/m0/s1. The highest BCUT2D eigenvalue weighted by atomic mass is 16.5. The van der Waals surface area contributed by atoms with E-state index in [1.54, 1.807) is 11.1 Å². The van der Waals surface area contributed by atoms with Crippen molar-refractivity contribution in [3.63, 3.8) is 0 Å². The largest absolute Gasteiger partial charge is 0.380 e. The van der Waals surface area contributed by atoms with Gasteiger partial charge in [0.05, 0.1) is 13.2 Å².